The molecule has 21 heavy (non-hydrogen) atoms. The Labute approximate surface area is 124 Å². The Bertz CT molecular complexity index is 636. The minimum absolute atomic E-state index is 0.131. The topological polar surface area (TPSA) is 66.3 Å². The number of hydrogen-bond donors (Lipinski definition) is 1. The number of carbonyl (C=O) groups is 1. The van der Waals surface area contributed by atoms with Gasteiger partial charge in [0.1, 0.15) is 0 Å². The fourth-order valence-corrected chi connectivity index (χ4v) is 2.29. The second kappa shape index (κ2) is 6.63. The number of aliphatic hydroxyl groups is 1. The predicted molar refractivity (Wildman–Crippen MR) is 82.2 cm³/mol. The lowest BCUT2D eigenvalue weighted by molar-refractivity contribution is 0.0765. The Morgan fingerprint density at radius 2 is 1.76 bits per heavy atom. The SMILES string of the molecule is CCN(CC)C(=O)c1nc2ccccc2nc1CC(C)O. The van der Waals surface area contributed by atoms with E-state index in [2.05, 4.69) is 9.97 Å². The molecule has 0 aliphatic heterocycles. The van der Waals surface area contributed by atoms with Crippen LogP contribution in [-0.4, -0.2) is 45.1 Å². The maximum absolute atomic E-state index is 12.6. The zero-order valence-electron chi connectivity index (χ0n) is 12.7. The third-order valence-electron chi connectivity index (χ3n) is 3.38. The van der Waals surface area contributed by atoms with Crippen LogP contribution in [0.3, 0.4) is 0 Å². The van der Waals surface area contributed by atoms with E-state index >= 15 is 0 Å². The number of aromatic nitrogens is 2. The number of rotatable bonds is 5. The maximum atomic E-state index is 12.6. The smallest absolute Gasteiger partial charge is 0.274 e. The van der Waals surface area contributed by atoms with Crippen LogP contribution in [0.25, 0.3) is 11.0 Å². The van der Waals surface area contributed by atoms with Gasteiger partial charge >= 0.3 is 0 Å². The Morgan fingerprint density at radius 1 is 1.19 bits per heavy atom. The van der Waals surface area contributed by atoms with Gasteiger partial charge in [-0.3, -0.25) is 4.79 Å². The van der Waals surface area contributed by atoms with E-state index < -0.39 is 6.10 Å². The van der Waals surface area contributed by atoms with Crippen molar-refractivity contribution < 1.29 is 9.90 Å². The van der Waals surface area contributed by atoms with Crippen molar-refractivity contribution in [1.29, 1.82) is 0 Å². The van der Waals surface area contributed by atoms with Gasteiger partial charge in [-0.25, -0.2) is 9.97 Å². The third-order valence-corrected chi connectivity index (χ3v) is 3.38. The summed E-state index contributed by atoms with van der Waals surface area (Å²) in [6, 6.07) is 7.46. The fraction of sp³-hybridized carbons (Fsp3) is 0.438. The predicted octanol–water partition coefficient (Wildman–Crippen LogP) is 2.04. The van der Waals surface area contributed by atoms with Crippen molar-refractivity contribution in [2.45, 2.75) is 33.3 Å². The second-order valence-corrected chi connectivity index (χ2v) is 5.04. The van der Waals surface area contributed by atoms with Gasteiger partial charge in [-0.05, 0) is 32.9 Å². The number of aliphatic hydroxyl groups excluding tert-OH is 1. The number of hydrogen-bond acceptors (Lipinski definition) is 4. The summed E-state index contributed by atoms with van der Waals surface area (Å²) >= 11 is 0. The maximum Gasteiger partial charge on any atom is 0.274 e. The largest absolute Gasteiger partial charge is 0.393 e. The van der Waals surface area contributed by atoms with E-state index in [9.17, 15) is 9.90 Å². The molecule has 1 aromatic carbocycles. The van der Waals surface area contributed by atoms with Crippen molar-refractivity contribution in [2.75, 3.05) is 13.1 Å². The van der Waals surface area contributed by atoms with Crippen molar-refractivity contribution in [3.8, 4) is 0 Å². The molecule has 0 aliphatic rings. The number of nitrogens with zero attached hydrogens (tertiary/aromatic N) is 3. The van der Waals surface area contributed by atoms with E-state index in [1.807, 2.05) is 38.1 Å². The van der Waals surface area contributed by atoms with Crippen molar-refractivity contribution in [2.24, 2.45) is 0 Å². The first-order valence-electron chi connectivity index (χ1n) is 7.29. The molecule has 1 aromatic heterocycles. The first kappa shape index (κ1) is 15.4. The molecule has 5 heteroatoms. The summed E-state index contributed by atoms with van der Waals surface area (Å²) in [5.41, 5.74) is 2.34. The minimum atomic E-state index is -0.566. The highest BCUT2D eigenvalue weighted by Crippen LogP contribution is 2.16. The van der Waals surface area contributed by atoms with Crippen molar-refractivity contribution >= 4 is 16.9 Å². The molecule has 1 atom stereocenters. The Hall–Kier alpha value is -2.01. The van der Waals surface area contributed by atoms with Crippen LogP contribution in [0.1, 0.15) is 37.0 Å². The first-order valence-corrected chi connectivity index (χ1v) is 7.29. The van der Waals surface area contributed by atoms with Gasteiger partial charge in [-0.2, -0.15) is 0 Å². The minimum Gasteiger partial charge on any atom is -0.393 e. The molecule has 1 N–H and O–H groups in total. The standard InChI is InChI=1S/C16H21N3O2/c1-4-19(5-2)16(21)15-14(10-11(3)20)17-12-8-6-7-9-13(12)18-15/h6-9,11,20H,4-5,10H2,1-3H3. The lowest BCUT2D eigenvalue weighted by Gasteiger charge is -2.20. The molecular formula is C16H21N3O2. The average Bonchev–Trinajstić information content (AvgIpc) is 2.47. The van der Waals surface area contributed by atoms with Gasteiger partial charge in [0, 0.05) is 19.5 Å². The van der Waals surface area contributed by atoms with Crippen LogP contribution < -0.4 is 0 Å². The molecule has 2 aromatic rings. The molecule has 0 spiro atoms. The van der Waals surface area contributed by atoms with Crippen LogP contribution in [-0.2, 0) is 6.42 Å². The van der Waals surface area contributed by atoms with E-state index in [4.69, 9.17) is 0 Å². The van der Waals surface area contributed by atoms with Crippen LogP contribution in [0.15, 0.2) is 24.3 Å². The lowest BCUT2D eigenvalue weighted by atomic mass is 10.1. The van der Waals surface area contributed by atoms with Crippen molar-refractivity contribution in [3.63, 3.8) is 0 Å². The molecule has 5 nitrogen and oxygen atoms in total. The van der Waals surface area contributed by atoms with Crippen LogP contribution in [0, 0.1) is 0 Å². The van der Waals surface area contributed by atoms with Crippen molar-refractivity contribution in [1.82, 2.24) is 14.9 Å². The lowest BCUT2D eigenvalue weighted by Crippen LogP contribution is -2.32. The monoisotopic (exact) mass is 287 g/mol. The molecule has 1 amide bonds. The van der Waals surface area contributed by atoms with Gasteiger partial charge in [0.15, 0.2) is 5.69 Å². The number of amides is 1. The highest BCUT2D eigenvalue weighted by molar-refractivity contribution is 5.95. The van der Waals surface area contributed by atoms with Gasteiger partial charge in [-0.1, -0.05) is 12.1 Å². The summed E-state index contributed by atoms with van der Waals surface area (Å²) in [5.74, 6) is -0.131. The zero-order chi connectivity index (χ0) is 15.4. The van der Waals surface area contributed by atoms with Gasteiger partial charge in [0.25, 0.3) is 5.91 Å². The number of fused-ring (bicyclic) bond motifs is 1. The first-order chi connectivity index (χ1) is 10.1. The molecular weight excluding hydrogens is 266 g/mol. The second-order valence-electron chi connectivity index (χ2n) is 5.04. The summed E-state index contributed by atoms with van der Waals surface area (Å²) in [6.07, 6.45) is -0.246. The fourth-order valence-electron chi connectivity index (χ4n) is 2.29. The summed E-state index contributed by atoms with van der Waals surface area (Å²) < 4.78 is 0. The molecule has 2 rings (SSSR count). The number of para-hydroxylation sites is 2. The molecule has 112 valence electrons. The van der Waals surface area contributed by atoms with Crippen LogP contribution >= 0.6 is 0 Å². The number of carbonyl (C=O) groups excluding carboxylic acids is 1. The Morgan fingerprint density at radius 3 is 2.29 bits per heavy atom. The van der Waals surface area contributed by atoms with Gasteiger partial charge in [-0.15, -0.1) is 0 Å². The summed E-state index contributed by atoms with van der Waals surface area (Å²) in [4.78, 5) is 23.3. The molecule has 0 saturated heterocycles. The van der Waals surface area contributed by atoms with Crippen molar-refractivity contribution in [3.05, 3.63) is 35.7 Å². The molecule has 0 bridgehead atoms. The van der Waals surface area contributed by atoms with E-state index in [0.29, 0.717) is 36.4 Å². The van der Waals surface area contributed by atoms with Gasteiger partial charge in [0.2, 0.25) is 0 Å². The Balaban J connectivity index is 2.55. The summed E-state index contributed by atoms with van der Waals surface area (Å²) in [5, 5.41) is 9.64. The van der Waals surface area contributed by atoms with Crippen LogP contribution in [0.2, 0.25) is 0 Å². The van der Waals surface area contributed by atoms with E-state index in [1.54, 1.807) is 11.8 Å². The van der Waals surface area contributed by atoms with Gasteiger partial charge in [0.05, 0.1) is 22.8 Å². The molecule has 0 aliphatic carbocycles. The molecule has 1 heterocycles. The Kier molecular flexibility index (Phi) is 4.85. The summed E-state index contributed by atoms with van der Waals surface area (Å²) in [6.45, 7) is 6.80. The average molecular weight is 287 g/mol. The quantitative estimate of drug-likeness (QED) is 0.914. The van der Waals surface area contributed by atoms with E-state index in [1.165, 1.54) is 0 Å². The molecule has 0 radical (unpaired) electrons. The third kappa shape index (κ3) is 3.36. The van der Waals surface area contributed by atoms with Crippen LogP contribution in [0.5, 0.6) is 0 Å². The van der Waals surface area contributed by atoms with Crippen LogP contribution in [0.4, 0.5) is 0 Å². The highest BCUT2D eigenvalue weighted by Gasteiger charge is 2.21. The zero-order valence-corrected chi connectivity index (χ0v) is 12.7. The summed E-state index contributed by atoms with van der Waals surface area (Å²) in [7, 11) is 0. The number of benzene rings is 1. The van der Waals surface area contributed by atoms with E-state index in [-0.39, 0.29) is 5.91 Å². The normalized spacial score (nSPS) is 12.4. The highest BCUT2D eigenvalue weighted by atomic mass is 16.3. The van der Waals surface area contributed by atoms with Gasteiger partial charge < -0.3 is 10.0 Å². The molecule has 1 unspecified atom stereocenters. The van der Waals surface area contributed by atoms with E-state index in [0.717, 1.165) is 5.52 Å². The molecule has 0 saturated carbocycles. The molecule has 0 fully saturated rings.